The standard InChI is InChI=1S/C12H10Br2N2O3/c13-5-1-7-8(2-6(5)14)16-10(15-7)4-18-11-9(17)3-19-12(11)16/h1-2,9,11-12,17H,3-4H2/t9-,11-,12+/m1/s1. The topological polar surface area (TPSA) is 56.5 Å². The van der Waals surface area contributed by atoms with Crippen molar-refractivity contribution in [3.63, 3.8) is 0 Å². The second kappa shape index (κ2) is 4.26. The molecule has 3 heterocycles. The van der Waals surface area contributed by atoms with Gasteiger partial charge in [0.2, 0.25) is 0 Å². The number of ether oxygens (including phenoxy) is 2. The molecular weight excluding hydrogens is 380 g/mol. The van der Waals surface area contributed by atoms with Gasteiger partial charge in [-0.15, -0.1) is 0 Å². The van der Waals surface area contributed by atoms with E-state index in [9.17, 15) is 5.11 Å². The lowest BCUT2D eigenvalue weighted by atomic mass is 10.2. The predicted octanol–water partition coefficient (Wildman–Crippen LogP) is 2.35. The third-order valence-electron chi connectivity index (χ3n) is 3.56. The number of rotatable bonds is 0. The molecule has 0 amide bonds. The molecule has 1 aromatic carbocycles. The first-order valence-corrected chi connectivity index (χ1v) is 7.51. The lowest BCUT2D eigenvalue weighted by Crippen LogP contribution is -2.36. The van der Waals surface area contributed by atoms with Crippen LogP contribution in [-0.2, 0) is 16.1 Å². The smallest absolute Gasteiger partial charge is 0.164 e. The maximum atomic E-state index is 9.86. The number of aliphatic hydroxyl groups excluding tert-OH is 1. The number of nitrogens with zero attached hydrogens (tertiary/aromatic N) is 2. The Morgan fingerprint density at radius 1 is 1.26 bits per heavy atom. The minimum Gasteiger partial charge on any atom is -0.388 e. The summed E-state index contributed by atoms with van der Waals surface area (Å²) in [5, 5.41) is 9.86. The first-order valence-electron chi connectivity index (χ1n) is 5.92. The molecule has 1 fully saturated rings. The summed E-state index contributed by atoms with van der Waals surface area (Å²) in [5.74, 6) is 0.829. The Morgan fingerprint density at radius 2 is 2.05 bits per heavy atom. The van der Waals surface area contributed by atoms with Gasteiger partial charge in [0, 0.05) is 8.95 Å². The average molecular weight is 390 g/mol. The van der Waals surface area contributed by atoms with Crippen LogP contribution in [0.15, 0.2) is 21.1 Å². The average Bonchev–Trinajstić information content (AvgIpc) is 2.91. The van der Waals surface area contributed by atoms with Crippen molar-refractivity contribution in [2.75, 3.05) is 6.61 Å². The van der Waals surface area contributed by atoms with E-state index in [2.05, 4.69) is 36.8 Å². The Kier molecular flexibility index (Phi) is 2.75. The van der Waals surface area contributed by atoms with Crippen molar-refractivity contribution in [1.82, 2.24) is 9.55 Å². The van der Waals surface area contributed by atoms with Gasteiger partial charge in [0.1, 0.15) is 24.6 Å². The van der Waals surface area contributed by atoms with Crippen LogP contribution in [0.4, 0.5) is 0 Å². The Bertz CT molecular complexity index is 673. The quantitative estimate of drug-likeness (QED) is 0.751. The minimum atomic E-state index is -0.575. The SMILES string of the molecule is O[C@@H]1CO[C@H]2[C@@H]1OCc1nc3cc(Br)c(Br)cc3n12. The number of aromatic nitrogens is 2. The lowest BCUT2D eigenvalue weighted by Gasteiger charge is -2.28. The Hall–Kier alpha value is -0.470. The molecule has 3 atom stereocenters. The van der Waals surface area contributed by atoms with E-state index in [0.717, 1.165) is 25.8 Å². The largest absolute Gasteiger partial charge is 0.388 e. The molecule has 2 aliphatic rings. The zero-order valence-corrected chi connectivity index (χ0v) is 12.9. The van der Waals surface area contributed by atoms with Crippen molar-refractivity contribution in [2.24, 2.45) is 0 Å². The summed E-state index contributed by atoms with van der Waals surface area (Å²) in [4.78, 5) is 4.57. The zero-order valence-electron chi connectivity index (χ0n) is 9.72. The van der Waals surface area contributed by atoms with Crippen LogP contribution in [0.1, 0.15) is 12.1 Å². The number of imidazole rings is 1. The van der Waals surface area contributed by atoms with Crippen molar-refractivity contribution in [2.45, 2.75) is 25.0 Å². The van der Waals surface area contributed by atoms with Crippen LogP contribution in [0.3, 0.4) is 0 Å². The van der Waals surface area contributed by atoms with Crippen LogP contribution in [0, 0.1) is 0 Å². The monoisotopic (exact) mass is 388 g/mol. The number of fused-ring (bicyclic) bond motifs is 5. The molecule has 1 N–H and O–H groups in total. The molecule has 0 spiro atoms. The number of aliphatic hydroxyl groups is 1. The van der Waals surface area contributed by atoms with E-state index >= 15 is 0 Å². The normalized spacial score (nSPS) is 29.5. The van der Waals surface area contributed by atoms with Crippen molar-refractivity contribution in [3.8, 4) is 0 Å². The maximum absolute atomic E-state index is 9.86. The molecule has 19 heavy (non-hydrogen) atoms. The van der Waals surface area contributed by atoms with E-state index in [1.807, 2.05) is 16.7 Å². The summed E-state index contributed by atoms with van der Waals surface area (Å²) in [6.07, 6.45) is -1.18. The van der Waals surface area contributed by atoms with Gasteiger partial charge in [-0.2, -0.15) is 0 Å². The fraction of sp³-hybridized carbons (Fsp3) is 0.417. The van der Waals surface area contributed by atoms with E-state index in [1.165, 1.54) is 0 Å². The third-order valence-corrected chi connectivity index (χ3v) is 5.41. The van der Waals surface area contributed by atoms with E-state index < -0.39 is 6.10 Å². The van der Waals surface area contributed by atoms with Gasteiger partial charge in [0.25, 0.3) is 0 Å². The van der Waals surface area contributed by atoms with Crippen LogP contribution in [0.25, 0.3) is 11.0 Å². The van der Waals surface area contributed by atoms with Gasteiger partial charge < -0.3 is 14.6 Å². The summed E-state index contributed by atoms with van der Waals surface area (Å²) >= 11 is 6.98. The zero-order chi connectivity index (χ0) is 13.1. The van der Waals surface area contributed by atoms with Crippen LogP contribution in [-0.4, -0.2) is 33.5 Å². The highest BCUT2D eigenvalue weighted by Gasteiger charge is 2.43. The highest BCUT2D eigenvalue weighted by Crippen LogP contribution is 2.38. The van der Waals surface area contributed by atoms with Crippen molar-refractivity contribution in [3.05, 3.63) is 26.9 Å². The molecule has 5 nitrogen and oxygen atoms in total. The van der Waals surface area contributed by atoms with Gasteiger partial charge in [0.15, 0.2) is 6.23 Å². The number of halogens is 2. The molecule has 0 bridgehead atoms. The Morgan fingerprint density at radius 3 is 2.89 bits per heavy atom. The second-order valence-electron chi connectivity index (χ2n) is 4.72. The first-order chi connectivity index (χ1) is 9.15. The van der Waals surface area contributed by atoms with Crippen LogP contribution < -0.4 is 0 Å². The first kappa shape index (κ1) is 12.3. The van der Waals surface area contributed by atoms with Gasteiger partial charge in [0.05, 0.1) is 17.6 Å². The highest BCUT2D eigenvalue weighted by atomic mass is 79.9. The number of benzene rings is 1. The summed E-state index contributed by atoms with van der Waals surface area (Å²) in [7, 11) is 0. The van der Waals surface area contributed by atoms with E-state index in [4.69, 9.17) is 9.47 Å². The van der Waals surface area contributed by atoms with Crippen LogP contribution >= 0.6 is 31.9 Å². The van der Waals surface area contributed by atoms with Crippen molar-refractivity contribution < 1.29 is 14.6 Å². The fourth-order valence-corrected chi connectivity index (χ4v) is 3.35. The van der Waals surface area contributed by atoms with Crippen LogP contribution in [0.5, 0.6) is 0 Å². The lowest BCUT2D eigenvalue weighted by molar-refractivity contribution is -0.0969. The van der Waals surface area contributed by atoms with Gasteiger partial charge >= 0.3 is 0 Å². The predicted molar refractivity (Wildman–Crippen MR) is 74.7 cm³/mol. The molecule has 4 rings (SSSR count). The Balaban J connectivity index is 1.95. The van der Waals surface area contributed by atoms with E-state index in [1.54, 1.807) is 0 Å². The van der Waals surface area contributed by atoms with E-state index in [0.29, 0.717) is 13.2 Å². The molecule has 0 aliphatic carbocycles. The third kappa shape index (κ3) is 1.72. The molecule has 1 aromatic heterocycles. The van der Waals surface area contributed by atoms with Gasteiger partial charge in [-0.3, -0.25) is 4.57 Å². The van der Waals surface area contributed by atoms with Gasteiger partial charge in [-0.05, 0) is 44.0 Å². The van der Waals surface area contributed by atoms with Crippen molar-refractivity contribution in [1.29, 1.82) is 0 Å². The summed E-state index contributed by atoms with van der Waals surface area (Å²) < 4.78 is 15.2. The molecule has 100 valence electrons. The molecular formula is C12H10Br2N2O3. The second-order valence-corrected chi connectivity index (χ2v) is 6.43. The van der Waals surface area contributed by atoms with Gasteiger partial charge in [-0.1, -0.05) is 0 Å². The summed E-state index contributed by atoms with van der Waals surface area (Å²) in [6, 6.07) is 3.97. The summed E-state index contributed by atoms with van der Waals surface area (Å²) in [5.41, 5.74) is 1.87. The Labute approximate surface area is 125 Å². The maximum Gasteiger partial charge on any atom is 0.164 e. The molecule has 0 radical (unpaired) electrons. The minimum absolute atomic E-state index is 0.295. The highest BCUT2D eigenvalue weighted by molar-refractivity contribution is 9.13. The molecule has 0 saturated carbocycles. The van der Waals surface area contributed by atoms with E-state index in [-0.39, 0.29) is 12.3 Å². The molecule has 0 unspecified atom stereocenters. The molecule has 2 aromatic rings. The summed E-state index contributed by atoms with van der Waals surface area (Å²) in [6.45, 7) is 0.692. The fourth-order valence-electron chi connectivity index (χ4n) is 2.69. The molecule has 2 aliphatic heterocycles. The van der Waals surface area contributed by atoms with Gasteiger partial charge in [-0.25, -0.2) is 4.98 Å². The molecule has 1 saturated heterocycles. The molecule has 7 heteroatoms. The number of hydrogen-bond donors (Lipinski definition) is 1. The van der Waals surface area contributed by atoms with Crippen molar-refractivity contribution >= 4 is 42.9 Å². The number of hydrogen-bond acceptors (Lipinski definition) is 4. The van der Waals surface area contributed by atoms with Crippen LogP contribution in [0.2, 0.25) is 0 Å².